The van der Waals surface area contributed by atoms with Crippen LogP contribution in [0.3, 0.4) is 0 Å². The highest BCUT2D eigenvalue weighted by Gasteiger charge is 2.19. The second-order valence-electron chi connectivity index (χ2n) is 4.01. The van der Waals surface area contributed by atoms with Crippen LogP contribution in [0.5, 0.6) is 11.5 Å². The molecule has 0 saturated heterocycles. The smallest absolute Gasteiger partial charge is 0.339 e. The van der Waals surface area contributed by atoms with Gasteiger partial charge in [-0.3, -0.25) is 4.79 Å². The van der Waals surface area contributed by atoms with E-state index in [2.05, 4.69) is 5.32 Å². The van der Waals surface area contributed by atoms with Gasteiger partial charge in [0, 0.05) is 6.54 Å². The van der Waals surface area contributed by atoms with Gasteiger partial charge in [0.2, 0.25) is 0 Å². The lowest BCUT2D eigenvalue weighted by molar-refractivity contribution is -0.128. The first-order chi connectivity index (χ1) is 9.53. The molecule has 1 amide bonds. The average Bonchev–Trinajstić information content (AvgIpc) is 2.46. The number of ether oxygens (including phenoxy) is 3. The van der Waals surface area contributed by atoms with Gasteiger partial charge in [0.25, 0.3) is 5.91 Å². The molecule has 1 rings (SSSR count). The Hall–Kier alpha value is -2.24. The SMILES string of the molecule is CCNC(=O)[C@@H](C)OC(=O)c1ccc(OC)c(OC)c1. The maximum atomic E-state index is 11.9. The molecular weight excluding hydrogens is 262 g/mol. The summed E-state index contributed by atoms with van der Waals surface area (Å²) in [6.45, 7) is 3.79. The molecule has 6 nitrogen and oxygen atoms in total. The van der Waals surface area contributed by atoms with Gasteiger partial charge in [-0.15, -0.1) is 0 Å². The average molecular weight is 281 g/mol. The molecule has 110 valence electrons. The summed E-state index contributed by atoms with van der Waals surface area (Å²) in [4.78, 5) is 23.4. The summed E-state index contributed by atoms with van der Waals surface area (Å²) >= 11 is 0. The number of likely N-dealkylation sites (N-methyl/N-ethyl adjacent to an activating group) is 1. The highest BCUT2D eigenvalue weighted by molar-refractivity contribution is 5.92. The number of amides is 1. The number of hydrogen-bond donors (Lipinski definition) is 1. The van der Waals surface area contributed by atoms with Crippen molar-refractivity contribution < 1.29 is 23.8 Å². The van der Waals surface area contributed by atoms with Gasteiger partial charge in [-0.25, -0.2) is 4.79 Å². The van der Waals surface area contributed by atoms with Crippen LogP contribution in [0.1, 0.15) is 24.2 Å². The molecule has 1 atom stereocenters. The number of benzene rings is 1. The molecule has 1 N–H and O–H groups in total. The molecular formula is C14H19NO5. The number of hydrogen-bond acceptors (Lipinski definition) is 5. The van der Waals surface area contributed by atoms with Crippen LogP contribution in [0.4, 0.5) is 0 Å². The number of rotatable bonds is 6. The maximum absolute atomic E-state index is 11.9. The van der Waals surface area contributed by atoms with Gasteiger partial charge in [0.1, 0.15) is 0 Å². The number of nitrogens with one attached hydrogen (secondary N) is 1. The lowest BCUT2D eigenvalue weighted by atomic mass is 10.2. The van der Waals surface area contributed by atoms with Crippen molar-refractivity contribution in [2.24, 2.45) is 0 Å². The topological polar surface area (TPSA) is 73.9 Å². The molecule has 0 unspecified atom stereocenters. The van der Waals surface area contributed by atoms with Crippen LogP contribution < -0.4 is 14.8 Å². The lowest BCUT2D eigenvalue weighted by Gasteiger charge is -2.13. The van der Waals surface area contributed by atoms with E-state index in [1.54, 1.807) is 19.1 Å². The Morgan fingerprint density at radius 2 is 1.85 bits per heavy atom. The summed E-state index contributed by atoms with van der Waals surface area (Å²) in [6.07, 6.45) is -0.851. The molecule has 1 aromatic rings. The van der Waals surface area contributed by atoms with Crippen LogP contribution in [-0.4, -0.2) is 38.7 Å². The van der Waals surface area contributed by atoms with Crippen LogP contribution in [-0.2, 0) is 9.53 Å². The Labute approximate surface area is 118 Å². The molecule has 0 radical (unpaired) electrons. The van der Waals surface area contributed by atoms with Crippen molar-refractivity contribution >= 4 is 11.9 Å². The number of carbonyl (C=O) groups is 2. The molecule has 1 aromatic carbocycles. The van der Waals surface area contributed by atoms with Gasteiger partial charge < -0.3 is 19.5 Å². The zero-order valence-electron chi connectivity index (χ0n) is 12.1. The van der Waals surface area contributed by atoms with Gasteiger partial charge in [-0.1, -0.05) is 0 Å². The van der Waals surface area contributed by atoms with Gasteiger partial charge in [0.15, 0.2) is 17.6 Å². The van der Waals surface area contributed by atoms with Crippen molar-refractivity contribution in [3.8, 4) is 11.5 Å². The molecule has 0 aliphatic carbocycles. The van der Waals surface area contributed by atoms with E-state index in [1.165, 1.54) is 27.2 Å². The van der Waals surface area contributed by atoms with Crippen molar-refractivity contribution in [2.75, 3.05) is 20.8 Å². The van der Waals surface area contributed by atoms with Crippen molar-refractivity contribution in [3.63, 3.8) is 0 Å². The summed E-state index contributed by atoms with van der Waals surface area (Å²) in [5, 5.41) is 2.58. The van der Waals surface area contributed by atoms with Gasteiger partial charge in [-0.05, 0) is 32.0 Å². The van der Waals surface area contributed by atoms with E-state index in [-0.39, 0.29) is 5.91 Å². The second kappa shape index (κ2) is 7.37. The third-order valence-electron chi connectivity index (χ3n) is 2.62. The van der Waals surface area contributed by atoms with Crippen LogP contribution in [0, 0.1) is 0 Å². The van der Waals surface area contributed by atoms with Crippen molar-refractivity contribution in [1.82, 2.24) is 5.32 Å². The minimum atomic E-state index is -0.851. The molecule has 0 heterocycles. The van der Waals surface area contributed by atoms with Crippen LogP contribution in [0.2, 0.25) is 0 Å². The minimum Gasteiger partial charge on any atom is -0.493 e. The quantitative estimate of drug-likeness (QED) is 0.797. The molecule has 0 spiro atoms. The molecule has 0 saturated carbocycles. The van der Waals surface area contributed by atoms with Crippen molar-refractivity contribution in [2.45, 2.75) is 20.0 Å². The van der Waals surface area contributed by atoms with Crippen molar-refractivity contribution in [1.29, 1.82) is 0 Å². The summed E-state index contributed by atoms with van der Waals surface area (Å²) < 4.78 is 15.3. The number of esters is 1. The van der Waals surface area contributed by atoms with Gasteiger partial charge in [0.05, 0.1) is 19.8 Å². The normalized spacial score (nSPS) is 11.4. The monoisotopic (exact) mass is 281 g/mol. The highest BCUT2D eigenvalue weighted by atomic mass is 16.5. The molecule has 0 aliphatic heterocycles. The van der Waals surface area contributed by atoms with E-state index >= 15 is 0 Å². The van der Waals surface area contributed by atoms with E-state index in [4.69, 9.17) is 14.2 Å². The summed E-state index contributed by atoms with van der Waals surface area (Å²) in [6, 6.07) is 4.66. The fourth-order valence-corrected chi connectivity index (χ4v) is 1.56. The molecule has 0 bridgehead atoms. The van der Waals surface area contributed by atoms with E-state index < -0.39 is 12.1 Å². The van der Waals surface area contributed by atoms with Crippen LogP contribution in [0.15, 0.2) is 18.2 Å². The fourth-order valence-electron chi connectivity index (χ4n) is 1.56. The Morgan fingerprint density at radius 3 is 2.40 bits per heavy atom. The first-order valence-corrected chi connectivity index (χ1v) is 6.24. The standard InChI is InChI=1S/C14H19NO5/c1-5-15-13(16)9(2)20-14(17)10-6-7-11(18-3)12(8-10)19-4/h6-9H,5H2,1-4H3,(H,15,16)/t9-/m1/s1. The second-order valence-corrected chi connectivity index (χ2v) is 4.01. The molecule has 0 fully saturated rings. The minimum absolute atomic E-state index is 0.291. The first kappa shape index (κ1) is 15.8. The van der Waals surface area contributed by atoms with Gasteiger partial charge >= 0.3 is 5.97 Å². The Balaban J connectivity index is 2.80. The zero-order chi connectivity index (χ0) is 15.1. The predicted octanol–water partition coefficient (Wildman–Crippen LogP) is 1.39. The highest BCUT2D eigenvalue weighted by Crippen LogP contribution is 2.27. The summed E-state index contributed by atoms with van der Waals surface area (Å²) in [7, 11) is 2.98. The Bertz CT molecular complexity index is 486. The Morgan fingerprint density at radius 1 is 1.20 bits per heavy atom. The number of methoxy groups -OCH3 is 2. The van der Waals surface area contributed by atoms with E-state index in [0.29, 0.717) is 23.6 Å². The molecule has 6 heteroatoms. The zero-order valence-corrected chi connectivity index (χ0v) is 12.1. The van der Waals surface area contributed by atoms with Gasteiger partial charge in [-0.2, -0.15) is 0 Å². The van der Waals surface area contributed by atoms with E-state index in [9.17, 15) is 9.59 Å². The van der Waals surface area contributed by atoms with Crippen LogP contribution in [0.25, 0.3) is 0 Å². The first-order valence-electron chi connectivity index (χ1n) is 6.24. The third-order valence-corrected chi connectivity index (χ3v) is 2.62. The summed E-state index contributed by atoms with van der Waals surface area (Å²) in [5.41, 5.74) is 0.291. The molecule has 0 aromatic heterocycles. The summed E-state index contributed by atoms with van der Waals surface area (Å²) in [5.74, 6) is 0.0134. The lowest BCUT2D eigenvalue weighted by Crippen LogP contribution is -2.35. The third kappa shape index (κ3) is 3.88. The van der Waals surface area contributed by atoms with Crippen molar-refractivity contribution in [3.05, 3.63) is 23.8 Å². The molecule has 20 heavy (non-hydrogen) atoms. The molecule has 0 aliphatic rings. The van der Waals surface area contributed by atoms with E-state index in [1.807, 2.05) is 0 Å². The van der Waals surface area contributed by atoms with Crippen LogP contribution >= 0.6 is 0 Å². The maximum Gasteiger partial charge on any atom is 0.339 e. The predicted molar refractivity (Wildman–Crippen MR) is 73.1 cm³/mol. The Kier molecular flexibility index (Phi) is 5.83. The van der Waals surface area contributed by atoms with E-state index in [0.717, 1.165) is 0 Å². The number of carbonyl (C=O) groups excluding carboxylic acids is 2. The fraction of sp³-hybridized carbons (Fsp3) is 0.429. The largest absolute Gasteiger partial charge is 0.493 e.